The fourth-order valence-electron chi connectivity index (χ4n) is 5.37. The molecule has 7 rings (SSSR count). The number of carbonyl (C=O) groups is 1. The first-order valence-corrected chi connectivity index (χ1v) is 11.4. The number of rotatable bonds is 4. The summed E-state index contributed by atoms with van der Waals surface area (Å²) in [5.74, 6) is 0.789. The number of nitrogens with zero attached hydrogens (tertiary/aromatic N) is 1. The Morgan fingerprint density at radius 1 is 1.18 bits per heavy atom. The van der Waals surface area contributed by atoms with Crippen LogP contribution >= 0.6 is 23.2 Å². The number of hydrogen-bond donors (Lipinski definition) is 2. The van der Waals surface area contributed by atoms with E-state index in [1.54, 1.807) is 30.5 Å². The van der Waals surface area contributed by atoms with Crippen LogP contribution in [0.3, 0.4) is 0 Å². The van der Waals surface area contributed by atoms with Crippen LogP contribution in [0.5, 0.6) is 5.75 Å². The van der Waals surface area contributed by atoms with Crippen molar-refractivity contribution in [1.29, 1.82) is 0 Å². The number of aliphatic hydroxyl groups is 1. The van der Waals surface area contributed by atoms with Crippen LogP contribution in [0.2, 0.25) is 10.0 Å². The Balaban J connectivity index is 1.11. The molecular weight excluding hydrogens is 470 g/mol. The number of fused-ring (bicyclic) bond motifs is 1. The molecule has 1 aliphatic heterocycles. The van der Waals surface area contributed by atoms with Gasteiger partial charge in [0.05, 0.1) is 22.7 Å². The maximum Gasteiger partial charge on any atom is 0.261 e. The summed E-state index contributed by atoms with van der Waals surface area (Å²) in [6.07, 6.45) is 2.30. The lowest BCUT2D eigenvalue weighted by Crippen LogP contribution is -2.77. The van der Waals surface area contributed by atoms with Crippen molar-refractivity contribution in [2.75, 3.05) is 0 Å². The van der Waals surface area contributed by atoms with Crippen LogP contribution in [0, 0.1) is 5.82 Å². The number of ether oxygens (including phenoxy) is 1. The molecule has 33 heavy (non-hydrogen) atoms. The van der Waals surface area contributed by atoms with Crippen molar-refractivity contribution in [1.82, 2.24) is 10.3 Å². The molecule has 2 aromatic carbocycles. The molecule has 2 heterocycles. The Kier molecular flexibility index (Phi) is 4.57. The van der Waals surface area contributed by atoms with Crippen molar-refractivity contribution in [3.8, 4) is 17.1 Å². The highest BCUT2D eigenvalue weighted by Crippen LogP contribution is 2.67. The fraction of sp³-hybridized carbons (Fsp3) is 0.333. The van der Waals surface area contributed by atoms with Crippen LogP contribution in [0.1, 0.15) is 43.2 Å². The smallest absolute Gasteiger partial charge is 0.261 e. The minimum absolute atomic E-state index is 0.0531. The molecule has 3 aliphatic carbocycles. The zero-order chi connectivity index (χ0) is 23.0. The molecule has 3 aromatic rings. The Morgan fingerprint density at radius 2 is 1.97 bits per heavy atom. The molecule has 2 bridgehead atoms. The Morgan fingerprint density at radius 3 is 2.73 bits per heavy atom. The lowest BCUT2D eigenvalue weighted by atomic mass is 9.39. The average molecular weight is 489 g/mol. The highest BCUT2D eigenvalue weighted by atomic mass is 35.5. The molecule has 2 atom stereocenters. The summed E-state index contributed by atoms with van der Waals surface area (Å²) in [6, 6.07) is 9.48. The zero-order valence-electron chi connectivity index (χ0n) is 17.3. The van der Waals surface area contributed by atoms with E-state index in [9.17, 15) is 14.3 Å². The second kappa shape index (κ2) is 7.19. The van der Waals surface area contributed by atoms with Gasteiger partial charge in [0.15, 0.2) is 11.9 Å². The molecule has 170 valence electrons. The van der Waals surface area contributed by atoms with Crippen LogP contribution in [-0.4, -0.2) is 27.6 Å². The number of oxazole rings is 1. The van der Waals surface area contributed by atoms with E-state index in [0.717, 1.165) is 0 Å². The highest BCUT2D eigenvalue weighted by Gasteiger charge is 2.71. The van der Waals surface area contributed by atoms with Gasteiger partial charge in [-0.25, -0.2) is 9.37 Å². The summed E-state index contributed by atoms with van der Waals surface area (Å²) in [5.41, 5.74) is 0.635. The van der Waals surface area contributed by atoms with Gasteiger partial charge in [0.2, 0.25) is 5.89 Å². The van der Waals surface area contributed by atoms with Crippen LogP contribution in [0.15, 0.2) is 47.0 Å². The van der Waals surface area contributed by atoms with Crippen LogP contribution in [0.25, 0.3) is 11.3 Å². The molecule has 2 N–H and O–H groups in total. The summed E-state index contributed by atoms with van der Waals surface area (Å²) in [5, 5.41) is 14.1. The predicted octanol–water partition coefficient (Wildman–Crippen LogP) is 4.96. The van der Waals surface area contributed by atoms with Crippen molar-refractivity contribution in [3.63, 3.8) is 0 Å². The van der Waals surface area contributed by atoms with Crippen molar-refractivity contribution in [2.24, 2.45) is 0 Å². The van der Waals surface area contributed by atoms with Gasteiger partial charge in [0.1, 0.15) is 11.6 Å². The third-order valence-electron chi connectivity index (χ3n) is 6.91. The molecule has 9 heteroatoms. The third-order valence-corrected chi connectivity index (χ3v) is 7.45. The fourth-order valence-corrected chi connectivity index (χ4v) is 5.67. The molecule has 3 fully saturated rings. The SMILES string of the molecule is O=C(NC12CC(c3ncc(-c4ccc(Cl)c(F)c4)o3)(C1)C2)[C@H]1C[C@@H](O)c2cc(Cl)ccc2O1. The maximum absolute atomic E-state index is 13.8. The van der Waals surface area contributed by atoms with Crippen LogP contribution in [-0.2, 0) is 10.2 Å². The molecule has 0 spiro atoms. The Bertz CT molecular complexity index is 1270. The molecule has 1 amide bonds. The van der Waals surface area contributed by atoms with Crippen LogP contribution in [0.4, 0.5) is 4.39 Å². The molecule has 1 aromatic heterocycles. The van der Waals surface area contributed by atoms with Crippen LogP contribution < -0.4 is 10.1 Å². The van der Waals surface area contributed by atoms with Crippen molar-refractivity contribution in [2.45, 2.75) is 48.8 Å². The number of carbonyl (C=O) groups excluding carboxylic acids is 1. The van der Waals surface area contributed by atoms with E-state index >= 15 is 0 Å². The van der Waals surface area contributed by atoms with E-state index < -0.39 is 18.0 Å². The van der Waals surface area contributed by atoms with Gasteiger partial charge in [-0.2, -0.15) is 0 Å². The monoisotopic (exact) mass is 488 g/mol. The average Bonchev–Trinajstić information content (AvgIpc) is 3.21. The van der Waals surface area contributed by atoms with Gasteiger partial charge in [-0.15, -0.1) is 0 Å². The standard InChI is InChI=1S/C24H19Cl2FN2O4/c25-13-2-4-18-14(6-13)17(30)7-19(32-18)21(31)29-24-9-23(10-24,11-24)22-28-8-20(33-22)12-1-3-15(26)16(27)5-12/h1-6,8,17,19,30H,7,9-11H2,(H,29,31)/t17-,19-,23?,24?/m1/s1. The highest BCUT2D eigenvalue weighted by molar-refractivity contribution is 6.31. The van der Waals surface area contributed by atoms with E-state index in [2.05, 4.69) is 10.3 Å². The maximum atomic E-state index is 13.8. The quantitative estimate of drug-likeness (QED) is 0.541. The number of aromatic nitrogens is 1. The summed E-state index contributed by atoms with van der Waals surface area (Å²) in [4.78, 5) is 17.3. The number of amides is 1. The molecular formula is C24H19Cl2FN2O4. The summed E-state index contributed by atoms with van der Waals surface area (Å²) < 4.78 is 25.5. The first-order chi connectivity index (χ1) is 15.8. The molecule has 4 aliphatic rings. The van der Waals surface area contributed by atoms with E-state index in [-0.39, 0.29) is 28.3 Å². The van der Waals surface area contributed by atoms with E-state index in [4.69, 9.17) is 32.4 Å². The minimum Gasteiger partial charge on any atom is -0.480 e. The molecule has 0 radical (unpaired) electrons. The topological polar surface area (TPSA) is 84.6 Å². The number of aliphatic hydroxyl groups excluding tert-OH is 1. The van der Waals surface area contributed by atoms with Gasteiger partial charge < -0.3 is 19.6 Å². The normalized spacial score (nSPS) is 29.3. The third kappa shape index (κ3) is 3.33. The summed E-state index contributed by atoms with van der Waals surface area (Å²) in [6.45, 7) is 0. The number of halogens is 3. The number of nitrogens with one attached hydrogen (secondary N) is 1. The van der Waals surface area contributed by atoms with Gasteiger partial charge in [-0.05, 0) is 55.7 Å². The molecule has 6 nitrogen and oxygen atoms in total. The predicted molar refractivity (Wildman–Crippen MR) is 119 cm³/mol. The summed E-state index contributed by atoms with van der Waals surface area (Å²) >= 11 is 11.7. The van der Waals surface area contributed by atoms with E-state index in [1.807, 2.05) is 0 Å². The largest absolute Gasteiger partial charge is 0.480 e. The number of benzene rings is 2. The molecule has 3 saturated carbocycles. The molecule has 0 saturated heterocycles. The second-order valence-electron chi connectivity index (χ2n) is 9.28. The van der Waals surface area contributed by atoms with Gasteiger partial charge in [-0.3, -0.25) is 4.79 Å². The Labute approximate surface area is 198 Å². The summed E-state index contributed by atoms with van der Waals surface area (Å²) in [7, 11) is 0. The first kappa shape index (κ1) is 21.0. The van der Waals surface area contributed by atoms with Gasteiger partial charge in [0.25, 0.3) is 5.91 Å². The minimum atomic E-state index is -0.814. The van der Waals surface area contributed by atoms with Gasteiger partial charge in [-0.1, -0.05) is 23.2 Å². The first-order valence-electron chi connectivity index (χ1n) is 10.6. The van der Waals surface area contributed by atoms with Crippen molar-refractivity contribution < 1.29 is 23.4 Å². The lowest BCUT2D eigenvalue weighted by molar-refractivity contribution is -0.149. The lowest BCUT2D eigenvalue weighted by Gasteiger charge is -2.68. The van der Waals surface area contributed by atoms with Gasteiger partial charge >= 0.3 is 0 Å². The van der Waals surface area contributed by atoms with Gasteiger partial charge in [0, 0.05) is 28.1 Å². The van der Waals surface area contributed by atoms with E-state index in [1.165, 1.54) is 12.1 Å². The number of hydrogen-bond acceptors (Lipinski definition) is 5. The van der Waals surface area contributed by atoms with E-state index in [0.29, 0.717) is 52.8 Å². The van der Waals surface area contributed by atoms with Crippen molar-refractivity contribution in [3.05, 3.63) is 69.9 Å². The zero-order valence-corrected chi connectivity index (χ0v) is 18.8. The second-order valence-corrected chi connectivity index (χ2v) is 10.1. The molecule has 0 unspecified atom stereocenters. The Hall–Kier alpha value is -2.61. The van der Waals surface area contributed by atoms with Crippen molar-refractivity contribution >= 4 is 29.1 Å².